The molecule has 0 aliphatic heterocycles. The van der Waals surface area contributed by atoms with Gasteiger partial charge < -0.3 is 10.3 Å². The van der Waals surface area contributed by atoms with Crippen molar-refractivity contribution in [1.82, 2.24) is 9.97 Å². The summed E-state index contributed by atoms with van der Waals surface area (Å²) in [6.07, 6.45) is 4.25. The van der Waals surface area contributed by atoms with Crippen molar-refractivity contribution in [2.24, 2.45) is 0 Å². The van der Waals surface area contributed by atoms with Crippen LogP contribution in [-0.4, -0.2) is 16.5 Å². The second-order valence-corrected chi connectivity index (χ2v) is 3.99. The minimum absolute atomic E-state index is 0.596. The van der Waals surface area contributed by atoms with E-state index in [0.29, 0.717) is 10.6 Å². The van der Waals surface area contributed by atoms with Gasteiger partial charge in [0.25, 0.3) is 0 Å². The third-order valence-electron chi connectivity index (χ3n) is 2.37. The molecule has 17 heavy (non-hydrogen) atoms. The first kappa shape index (κ1) is 11.5. The van der Waals surface area contributed by atoms with E-state index in [1.54, 1.807) is 30.7 Å². The van der Waals surface area contributed by atoms with E-state index in [2.05, 4.69) is 21.4 Å². The largest absolute Gasteiger partial charge is 0.384 e. The first-order valence-electron chi connectivity index (χ1n) is 5.20. The molecule has 1 aromatic carbocycles. The number of hydrogen-bond acceptors (Lipinski definition) is 3. The maximum Gasteiger partial charge on any atom is 0.101 e. The lowest BCUT2D eigenvalue weighted by molar-refractivity contribution is 0.976. The molecule has 0 bridgehead atoms. The molecule has 5 heteroatoms. The van der Waals surface area contributed by atoms with Gasteiger partial charge in [0, 0.05) is 29.9 Å². The quantitative estimate of drug-likeness (QED) is 0.872. The summed E-state index contributed by atoms with van der Waals surface area (Å²) in [6, 6.07) is 7.30. The Morgan fingerprint density at radius 1 is 1.47 bits per heavy atom. The van der Waals surface area contributed by atoms with E-state index in [1.165, 1.54) is 0 Å². The molecule has 2 aromatic rings. The Morgan fingerprint density at radius 2 is 2.35 bits per heavy atom. The Hall–Kier alpha value is -1.99. The monoisotopic (exact) mass is 246 g/mol. The van der Waals surface area contributed by atoms with Gasteiger partial charge in [0.15, 0.2) is 0 Å². The third kappa shape index (κ3) is 2.99. The van der Waals surface area contributed by atoms with Crippen LogP contribution in [0.3, 0.4) is 0 Å². The molecule has 2 N–H and O–H groups in total. The number of nitriles is 1. The Balaban J connectivity index is 1.99. The van der Waals surface area contributed by atoms with Gasteiger partial charge >= 0.3 is 0 Å². The number of aromatic amines is 1. The van der Waals surface area contributed by atoms with Crippen molar-refractivity contribution < 1.29 is 0 Å². The van der Waals surface area contributed by atoms with Crippen LogP contribution in [0.5, 0.6) is 0 Å². The molecule has 0 aliphatic carbocycles. The van der Waals surface area contributed by atoms with Gasteiger partial charge in [-0.2, -0.15) is 5.26 Å². The summed E-state index contributed by atoms with van der Waals surface area (Å²) in [4.78, 5) is 6.96. The zero-order valence-electron chi connectivity index (χ0n) is 9.07. The number of halogens is 1. The molecular formula is C12H11ClN4. The van der Waals surface area contributed by atoms with Crippen LogP contribution in [0.4, 0.5) is 5.69 Å². The van der Waals surface area contributed by atoms with Gasteiger partial charge in [-0.05, 0) is 18.2 Å². The van der Waals surface area contributed by atoms with Crippen LogP contribution in [0.1, 0.15) is 11.3 Å². The Morgan fingerprint density at radius 3 is 3.06 bits per heavy atom. The van der Waals surface area contributed by atoms with E-state index in [4.69, 9.17) is 16.9 Å². The van der Waals surface area contributed by atoms with Crippen molar-refractivity contribution in [3.05, 3.63) is 47.0 Å². The standard InChI is InChI=1S/C12H11ClN4/c13-10-2-1-9(6-14)12(5-10)16-4-3-11-7-15-8-17-11/h1-2,5,7-8,16H,3-4H2,(H,15,17). The van der Waals surface area contributed by atoms with Gasteiger partial charge in [-0.15, -0.1) is 0 Å². The minimum Gasteiger partial charge on any atom is -0.384 e. The van der Waals surface area contributed by atoms with Gasteiger partial charge in [-0.3, -0.25) is 0 Å². The molecule has 0 unspecified atom stereocenters. The topological polar surface area (TPSA) is 64.5 Å². The molecule has 0 atom stereocenters. The average Bonchev–Trinajstić information content (AvgIpc) is 2.82. The Kier molecular flexibility index (Phi) is 3.63. The molecule has 0 saturated heterocycles. The molecule has 0 saturated carbocycles. The number of H-pyrrole nitrogens is 1. The molecule has 1 heterocycles. The van der Waals surface area contributed by atoms with Crippen molar-refractivity contribution in [2.75, 3.05) is 11.9 Å². The SMILES string of the molecule is N#Cc1ccc(Cl)cc1NCCc1cnc[nH]1. The van der Waals surface area contributed by atoms with Crippen LogP contribution < -0.4 is 5.32 Å². The fraction of sp³-hybridized carbons (Fsp3) is 0.167. The predicted octanol–water partition coefficient (Wildman–Crippen LogP) is 2.59. The summed E-state index contributed by atoms with van der Waals surface area (Å²) in [6.45, 7) is 0.719. The second kappa shape index (κ2) is 5.37. The third-order valence-corrected chi connectivity index (χ3v) is 2.60. The number of anilines is 1. The lowest BCUT2D eigenvalue weighted by Gasteiger charge is -2.07. The van der Waals surface area contributed by atoms with E-state index in [1.807, 2.05) is 0 Å². The Labute approximate surface area is 104 Å². The van der Waals surface area contributed by atoms with E-state index in [0.717, 1.165) is 24.3 Å². The van der Waals surface area contributed by atoms with Gasteiger partial charge in [0.1, 0.15) is 6.07 Å². The van der Waals surface area contributed by atoms with E-state index in [9.17, 15) is 0 Å². The number of rotatable bonds is 4. The number of imidazole rings is 1. The summed E-state index contributed by atoms with van der Waals surface area (Å²) in [5, 5.41) is 12.8. The number of benzene rings is 1. The number of nitrogens with zero attached hydrogens (tertiary/aromatic N) is 2. The lowest BCUT2D eigenvalue weighted by atomic mass is 10.2. The summed E-state index contributed by atoms with van der Waals surface area (Å²) < 4.78 is 0. The zero-order chi connectivity index (χ0) is 12.1. The first-order valence-corrected chi connectivity index (χ1v) is 5.58. The number of hydrogen-bond donors (Lipinski definition) is 2. The van der Waals surface area contributed by atoms with Crippen LogP contribution in [0.2, 0.25) is 5.02 Å². The van der Waals surface area contributed by atoms with Crippen LogP contribution in [0, 0.1) is 11.3 Å². The molecule has 0 spiro atoms. The molecule has 0 radical (unpaired) electrons. The van der Waals surface area contributed by atoms with Crippen molar-refractivity contribution in [3.8, 4) is 6.07 Å². The minimum atomic E-state index is 0.596. The average molecular weight is 247 g/mol. The van der Waals surface area contributed by atoms with Crippen molar-refractivity contribution >= 4 is 17.3 Å². The molecule has 0 fully saturated rings. The Bertz CT molecular complexity index is 528. The van der Waals surface area contributed by atoms with Gasteiger partial charge in [0.05, 0.1) is 17.6 Å². The van der Waals surface area contributed by atoms with Gasteiger partial charge in [0.2, 0.25) is 0 Å². The molecule has 1 aromatic heterocycles. The highest BCUT2D eigenvalue weighted by Crippen LogP contribution is 2.20. The molecular weight excluding hydrogens is 236 g/mol. The maximum atomic E-state index is 8.94. The van der Waals surface area contributed by atoms with E-state index >= 15 is 0 Å². The molecule has 0 aliphatic rings. The van der Waals surface area contributed by atoms with Crippen molar-refractivity contribution in [3.63, 3.8) is 0 Å². The highest BCUT2D eigenvalue weighted by Gasteiger charge is 2.02. The molecule has 0 amide bonds. The van der Waals surface area contributed by atoms with Gasteiger partial charge in [-0.25, -0.2) is 4.98 Å². The van der Waals surface area contributed by atoms with E-state index < -0.39 is 0 Å². The molecule has 2 rings (SSSR count). The number of nitrogens with one attached hydrogen (secondary N) is 2. The summed E-state index contributed by atoms with van der Waals surface area (Å²) in [5.74, 6) is 0. The molecule has 86 valence electrons. The fourth-order valence-corrected chi connectivity index (χ4v) is 1.69. The van der Waals surface area contributed by atoms with Crippen molar-refractivity contribution in [2.45, 2.75) is 6.42 Å². The van der Waals surface area contributed by atoms with Crippen molar-refractivity contribution in [1.29, 1.82) is 5.26 Å². The smallest absolute Gasteiger partial charge is 0.101 e. The van der Waals surface area contributed by atoms with Gasteiger partial charge in [-0.1, -0.05) is 11.6 Å². The van der Waals surface area contributed by atoms with Crippen LogP contribution in [0.25, 0.3) is 0 Å². The van der Waals surface area contributed by atoms with Crippen LogP contribution >= 0.6 is 11.6 Å². The zero-order valence-corrected chi connectivity index (χ0v) is 9.83. The van der Waals surface area contributed by atoms with Crippen LogP contribution in [-0.2, 0) is 6.42 Å². The highest BCUT2D eigenvalue weighted by molar-refractivity contribution is 6.30. The second-order valence-electron chi connectivity index (χ2n) is 3.56. The molecule has 4 nitrogen and oxygen atoms in total. The number of aromatic nitrogens is 2. The summed E-state index contributed by atoms with van der Waals surface area (Å²) in [7, 11) is 0. The predicted molar refractivity (Wildman–Crippen MR) is 66.9 cm³/mol. The fourth-order valence-electron chi connectivity index (χ4n) is 1.51. The van der Waals surface area contributed by atoms with E-state index in [-0.39, 0.29) is 0 Å². The summed E-state index contributed by atoms with van der Waals surface area (Å²) >= 11 is 5.89. The maximum absolute atomic E-state index is 8.94. The van der Waals surface area contributed by atoms with Crippen LogP contribution in [0.15, 0.2) is 30.7 Å². The highest BCUT2D eigenvalue weighted by atomic mass is 35.5. The summed E-state index contributed by atoms with van der Waals surface area (Å²) in [5.41, 5.74) is 2.41. The lowest BCUT2D eigenvalue weighted by Crippen LogP contribution is -2.06. The normalized spacial score (nSPS) is 9.88. The first-order chi connectivity index (χ1) is 8.29.